The average Bonchev–Trinajstić information content (AvgIpc) is 3.43. The minimum absolute atomic E-state index is 0.825. The highest BCUT2D eigenvalue weighted by atomic mass is 15.0. The highest BCUT2D eigenvalue weighted by Crippen LogP contribution is 2.29. The van der Waals surface area contributed by atoms with Gasteiger partial charge in [0.25, 0.3) is 0 Å². The van der Waals surface area contributed by atoms with Crippen LogP contribution < -0.4 is 0 Å². The second-order valence-corrected chi connectivity index (χ2v) is 7.02. The fraction of sp³-hybridized carbons (Fsp3) is 0.286. The van der Waals surface area contributed by atoms with Gasteiger partial charge in [-0.3, -0.25) is 0 Å². The Morgan fingerprint density at radius 1 is 0.556 bits per heavy atom. The Labute approximate surface area is 159 Å². The molecule has 4 aromatic rings. The molecule has 0 atom stereocenters. The summed E-state index contributed by atoms with van der Waals surface area (Å²) in [6, 6.07) is 0. The van der Waals surface area contributed by atoms with E-state index in [1.165, 1.54) is 33.4 Å². The number of imidazole rings is 3. The Balaban J connectivity index is 1.83. The topological polar surface area (TPSA) is 53.5 Å². The summed E-state index contributed by atoms with van der Waals surface area (Å²) in [4.78, 5) is 12.6. The molecule has 138 valence electrons. The summed E-state index contributed by atoms with van der Waals surface area (Å²) in [6.45, 7) is 9.18. The monoisotopic (exact) mass is 360 g/mol. The molecule has 0 spiro atoms. The molecule has 3 aromatic heterocycles. The van der Waals surface area contributed by atoms with E-state index in [-0.39, 0.29) is 0 Å². The van der Waals surface area contributed by atoms with Crippen molar-refractivity contribution in [2.75, 3.05) is 0 Å². The van der Waals surface area contributed by atoms with Crippen molar-refractivity contribution in [2.24, 2.45) is 0 Å². The molecule has 0 radical (unpaired) electrons. The minimum atomic E-state index is 0.825. The van der Waals surface area contributed by atoms with Crippen molar-refractivity contribution in [1.82, 2.24) is 28.7 Å². The van der Waals surface area contributed by atoms with E-state index in [4.69, 9.17) is 0 Å². The maximum atomic E-state index is 4.20. The van der Waals surface area contributed by atoms with Crippen molar-refractivity contribution in [1.29, 1.82) is 0 Å². The first-order valence-corrected chi connectivity index (χ1v) is 9.11. The highest BCUT2D eigenvalue weighted by Gasteiger charge is 2.18. The van der Waals surface area contributed by atoms with Gasteiger partial charge >= 0.3 is 0 Å². The zero-order chi connectivity index (χ0) is 18.8. The largest absolute Gasteiger partial charge is 0.333 e. The van der Waals surface area contributed by atoms with Crippen LogP contribution in [0.2, 0.25) is 0 Å². The van der Waals surface area contributed by atoms with Crippen LogP contribution in [-0.4, -0.2) is 28.7 Å². The van der Waals surface area contributed by atoms with Crippen LogP contribution in [0.15, 0.2) is 56.2 Å². The Bertz CT molecular complexity index is 857. The molecule has 6 heteroatoms. The van der Waals surface area contributed by atoms with Gasteiger partial charge in [0.1, 0.15) is 0 Å². The molecule has 0 aliphatic carbocycles. The van der Waals surface area contributed by atoms with Crippen molar-refractivity contribution >= 4 is 0 Å². The number of benzene rings is 1. The van der Waals surface area contributed by atoms with Crippen LogP contribution in [0.3, 0.4) is 0 Å². The van der Waals surface area contributed by atoms with Crippen molar-refractivity contribution < 1.29 is 0 Å². The van der Waals surface area contributed by atoms with Gasteiger partial charge < -0.3 is 13.7 Å². The lowest BCUT2D eigenvalue weighted by Gasteiger charge is -2.23. The number of rotatable bonds is 6. The van der Waals surface area contributed by atoms with E-state index < -0.39 is 0 Å². The molecule has 0 aliphatic rings. The summed E-state index contributed by atoms with van der Waals surface area (Å²) >= 11 is 0. The average molecular weight is 360 g/mol. The van der Waals surface area contributed by atoms with Crippen LogP contribution >= 0.6 is 0 Å². The molecule has 27 heavy (non-hydrogen) atoms. The van der Waals surface area contributed by atoms with Crippen LogP contribution in [0, 0.1) is 20.8 Å². The quantitative estimate of drug-likeness (QED) is 0.530. The van der Waals surface area contributed by atoms with Gasteiger partial charge in [-0.2, -0.15) is 0 Å². The van der Waals surface area contributed by atoms with Crippen LogP contribution in [0.1, 0.15) is 33.4 Å². The van der Waals surface area contributed by atoms with Crippen molar-refractivity contribution in [2.45, 2.75) is 40.4 Å². The first-order valence-electron chi connectivity index (χ1n) is 9.11. The van der Waals surface area contributed by atoms with Gasteiger partial charge in [0.05, 0.1) is 19.0 Å². The van der Waals surface area contributed by atoms with E-state index in [0.29, 0.717) is 0 Å². The SMILES string of the molecule is Cc1c(Cn2ccnc2)c(C)c(Cn2ccnc2)c(C)c1Cn1ccnc1. The molecular weight excluding hydrogens is 336 g/mol. The predicted molar refractivity (Wildman–Crippen MR) is 105 cm³/mol. The van der Waals surface area contributed by atoms with Crippen LogP contribution in [-0.2, 0) is 19.6 Å². The highest BCUT2D eigenvalue weighted by molar-refractivity contribution is 5.51. The molecule has 4 rings (SSSR count). The summed E-state index contributed by atoms with van der Waals surface area (Å²) < 4.78 is 6.39. The van der Waals surface area contributed by atoms with Crippen LogP contribution in [0.5, 0.6) is 0 Å². The van der Waals surface area contributed by atoms with E-state index in [1.54, 1.807) is 0 Å². The number of hydrogen-bond donors (Lipinski definition) is 0. The molecule has 3 heterocycles. The molecule has 0 bridgehead atoms. The third-order valence-electron chi connectivity index (χ3n) is 5.42. The zero-order valence-corrected chi connectivity index (χ0v) is 16.0. The maximum absolute atomic E-state index is 4.20. The van der Waals surface area contributed by atoms with Crippen molar-refractivity contribution in [3.8, 4) is 0 Å². The summed E-state index contributed by atoms with van der Waals surface area (Å²) in [5, 5.41) is 0. The number of nitrogens with zero attached hydrogens (tertiary/aromatic N) is 6. The first-order chi connectivity index (χ1) is 13.1. The van der Waals surface area contributed by atoms with Gasteiger partial charge in [-0.25, -0.2) is 15.0 Å². The second-order valence-electron chi connectivity index (χ2n) is 7.02. The van der Waals surface area contributed by atoms with Crippen LogP contribution in [0.25, 0.3) is 0 Å². The van der Waals surface area contributed by atoms with Crippen molar-refractivity contribution in [3.63, 3.8) is 0 Å². The molecule has 0 fully saturated rings. The Hall–Kier alpha value is -3.15. The summed E-state index contributed by atoms with van der Waals surface area (Å²) in [6.07, 6.45) is 17.2. The van der Waals surface area contributed by atoms with Gasteiger partial charge in [0, 0.05) is 56.8 Å². The Kier molecular flexibility index (Phi) is 4.62. The van der Waals surface area contributed by atoms with E-state index in [1.807, 2.05) is 56.2 Å². The fourth-order valence-corrected chi connectivity index (χ4v) is 3.79. The third-order valence-corrected chi connectivity index (χ3v) is 5.42. The molecule has 0 amide bonds. The smallest absolute Gasteiger partial charge is 0.0949 e. The van der Waals surface area contributed by atoms with Gasteiger partial charge in [0.2, 0.25) is 0 Å². The van der Waals surface area contributed by atoms with Crippen molar-refractivity contribution in [3.05, 3.63) is 89.5 Å². The third kappa shape index (κ3) is 3.43. The Morgan fingerprint density at radius 3 is 1.07 bits per heavy atom. The normalized spacial score (nSPS) is 11.2. The lowest BCUT2D eigenvalue weighted by atomic mass is 9.87. The molecular formula is C21H24N6. The molecule has 0 N–H and O–H groups in total. The Morgan fingerprint density at radius 2 is 0.852 bits per heavy atom. The molecule has 6 nitrogen and oxygen atoms in total. The molecule has 0 aliphatic heterocycles. The molecule has 0 unspecified atom stereocenters. The zero-order valence-electron chi connectivity index (χ0n) is 16.0. The van der Waals surface area contributed by atoms with E-state index in [0.717, 1.165) is 19.6 Å². The van der Waals surface area contributed by atoms with E-state index >= 15 is 0 Å². The van der Waals surface area contributed by atoms with Gasteiger partial charge in [0.15, 0.2) is 0 Å². The second kappa shape index (κ2) is 7.23. The van der Waals surface area contributed by atoms with Gasteiger partial charge in [-0.05, 0) is 54.2 Å². The van der Waals surface area contributed by atoms with Gasteiger partial charge in [-0.15, -0.1) is 0 Å². The lowest BCUT2D eigenvalue weighted by Crippen LogP contribution is -2.14. The predicted octanol–water partition coefficient (Wildman–Crippen LogP) is 3.35. The summed E-state index contributed by atoms with van der Waals surface area (Å²) in [5.41, 5.74) is 8.14. The van der Waals surface area contributed by atoms with Gasteiger partial charge in [-0.1, -0.05) is 0 Å². The summed E-state index contributed by atoms with van der Waals surface area (Å²) in [5.74, 6) is 0. The standard InChI is InChI=1S/C21H24N6/c1-16-19(10-25-7-4-22-13-25)17(2)21(12-27-9-6-24-15-27)18(3)20(16)11-26-8-5-23-14-26/h4-9,13-15H,10-12H2,1-3H3. The fourth-order valence-electron chi connectivity index (χ4n) is 3.79. The number of hydrogen-bond acceptors (Lipinski definition) is 3. The van der Waals surface area contributed by atoms with Crippen LogP contribution in [0.4, 0.5) is 0 Å². The maximum Gasteiger partial charge on any atom is 0.0949 e. The molecule has 0 saturated heterocycles. The minimum Gasteiger partial charge on any atom is -0.333 e. The molecule has 0 saturated carbocycles. The van der Waals surface area contributed by atoms with E-state index in [9.17, 15) is 0 Å². The number of aromatic nitrogens is 6. The first kappa shape index (κ1) is 17.3. The van der Waals surface area contributed by atoms with E-state index in [2.05, 4.69) is 49.4 Å². The molecule has 1 aromatic carbocycles. The summed E-state index contributed by atoms with van der Waals surface area (Å²) in [7, 11) is 0. The lowest BCUT2D eigenvalue weighted by molar-refractivity contribution is 0.736.